The molecule has 0 unspecified atom stereocenters. The molecule has 2 N–H and O–H groups in total. The topological polar surface area (TPSA) is 97.6 Å². The number of amides is 3. The fourth-order valence-electron chi connectivity index (χ4n) is 1.39. The third kappa shape index (κ3) is 3.84. The summed E-state index contributed by atoms with van der Waals surface area (Å²) in [7, 11) is 1.37. The van der Waals surface area contributed by atoms with E-state index in [1.807, 2.05) is 5.32 Å². The number of imide groups is 1. The summed E-state index contributed by atoms with van der Waals surface area (Å²) >= 11 is 0. The highest BCUT2D eigenvalue weighted by molar-refractivity contribution is 5.98. The summed E-state index contributed by atoms with van der Waals surface area (Å²) in [6.45, 7) is 4.70. The van der Waals surface area contributed by atoms with Crippen LogP contribution in [0.5, 0.6) is 0 Å². The molecule has 0 spiro atoms. The number of furan rings is 1. The minimum absolute atomic E-state index is 0.261. The molecule has 1 atom stereocenters. The van der Waals surface area contributed by atoms with Crippen LogP contribution in [0.1, 0.15) is 28.8 Å². The average Bonchev–Trinajstić information content (AvgIpc) is 2.68. The molecule has 0 bridgehead atoms. The van der Waals surface area contributed by atoms with Crippen molar-refractivity contribution in [1.82, 2.24) is 10.6 Å². The van der Waals surface area contributed by atoms with Gasteiger partial charge in [-0.2, -0.15) is 0 Å². The molecule has 1 aromatic rings. The van der Waals surface area contributed by atoms with Gasteiger partial charge in [-0.1, -0.05) is 0 Å². The molecule has 0 aromatic carbocycles. The van der Waals surface area contributed by atoms with Crippen molar-refractivity contribution in [3.63, 3.8) is 0 Å². The van der Waals surface area contributed by atoms with Crippen molar-refractivity contribution >= 4 is 17.9 Å². The number of hydrogen-bond acceptors (Lipinski definition) is 5. The van der Waals surface area contributed by atoms with Gasteiger partial charge in [-0.05, 0) is 26.8 Å². The smallest absolute Gasteiger partial charge is 0.342 e. The maximum absolute atomic E-state index is 11.8. The molecule has 0 saturated heterocycles. The predicted octanol–water partition coefficient (Wildman–Crippen LogP) is 0.897. The highest BCUT2D eigenvalue weighted by Crippen LogP contribution is 2.15. The van der Waals surface area contributed by atoms with Crippen molar-refractivity contribution in [1.29, 1.82) is 0 Å². The summed E-state index contributed by atoms with van der Waals surface area (Å²) in [6.07, 6.45) is -1.08. The van der Waals surface area contributed by atoms with Gasteiger partial charge in [0.05, 0.1) is 0 Å². The van der Waals surface area contributed by atoms with Gasteiger partial charge in [0.15, 0.2) is 6.10 Å². The molecule has 0 aliphatic rings. The van der Waals surface area contributed by atoms with Gasteiger partial charge in [0.2, 0.25) is 0 Å². The molecule has 19 heavy (non-hydrogen) atoms. The molecule has 0 radical (unpaired) electrons. The summed E-state index contributed by atoms with van der Waals surface area (Å²) in [5.74, 6) is -0.382. The Kier molecular flexibility index (Phi) is 4.68. The van der Waals surface area contributed by atoms with E-state index in [1.54, 1.807) is 13.8 Å². The normalized spacial score (nSPS) is 11.6. The van der Waals surface area contributed by atoms with Crippen LogP contribution in [0, 0.1) is 13.8 Å². The van der Waals surface area contributed by atoms with Crippen LogP contribution < -0.4 is 10.6 Å². The Balaban J connectivity index is 2.64. The van der Waals surface area contributed by atoms with Crippen LogP contribution in [0.3, 0.4) is 0 Å². The van der Waals surface area contributed by atoms with E-state index < -0.39 is 24.0 Å². The minimum atomic E-state index is -1.08. The van der Waals surface area contributed by atoms with Crippen molar-refractivity contribution in [2.45, 2.75) is 26.9 Å². The van der Waals surface area contributed by atoms with Crippen molar-refractivity contribution in [3.8, 4) is 0 Å². The molecule has 3 amide bonds. The second-order valence-electron chi connectivity index (χ2n) is 3.94. The molecule has 0 aliphatic heterocycles. The van der Waals surface area contributed by atoms with Crippen molar-refractivity contribution in [2.75, 3.05) is 7.05 Å². The largest absolute Gasteiger partial charge is 0.466 e. The van der Waals surface area contributed by atoms with Gasteiger partial charge in [0, 0.05) is 7.05 Å². The van der Waals surface area contributed by atoms with E-state index in [2.05, 4.69) is 5.32 Å². The SMILES string of the molecule is CNC(=O)NC(=O)[C@@H](C)OC(=O)c1cc(C)oc1C. The summed E-state index contributed by atoms with van der Waals surface area (Å²) < 4.78 is 10.1. The molecule has 1 aromatic heterocycles. The molecule has 0 aliphatic carbocycles. The maximum atomic E-state index is 11.8. The van der Waals surface area contributed by atoms with Gasteiger partial charge < -0.3 is 14.5 Å². The monoisotopic (exact) mass is 268 g/mol. The lowest BCUT2D eigenvalue weighted by atomic mass is 10.2. The highest BCUT2D eigenvalue weighted by atomic mass is 16.5. The van der Waals surface area contributed by atoms with Crippen LogP contribution in [-0.4, -0.2) is 31.1 Å². The molecule has 7 heteroatoms. The van der Waals surface area contributed by atoms with Gasteiger partial charge in [0.25, 0.3) is 5.91 Å². The summed E-state index contributed by atoms with van der Waals surface area (Å²) in [5.41, 5.74) is 0.261. The van der Waals surface area contributed by atoms with E-state index in [0.717, 1.165) is 0 Å². The Hall–Kier alpha value is -2.31. The second-order valence-corrected chi connectivity index (χ2v) is 3.94. The van der Waals surface area contributed by atoms with Crippen LogP contribution >= 0.6 is 0 Å². The minimum Gasteiger partial charge on any atom is -0.466 e. The van der Waals surface area contributed by atoms with E-state index in [9.17, 15) is 14.4 Å². The van der Waals surface area contributed by atoms with Crippen molar-refractivity contribution < 1.29 is 23.5 Å². The van der Waals surface area contributed by atoms with Gasteiger partial charge in [-0.3, -0.25) is 10.1 Å². The Morgan fingerprint density at radius 1 is 1.32 bits per heavy atom. The van der Waals surface area contributed by atoms with E-state index in [4.69, 9.17) is 9.15 Å². The Morgan fingerprint density at radius 2 is 1.95 bits per heavy atom. The fraction of sp³-hybridized carbons (Fsp3) is 0.417. The molecule has 1 heterocycles. The van der Waals surface area contributed by atoms with Gasteiger partial charge in [0.1, 0.15) is 17.1 Å². The van der Waals surface area contributed by atoms with Gasteiger partial charge >= 0.3 is 12.0 Å². The summed E-state index contributed by atoms with van der Waals surface area (Å²) in [6, 6.07) is 0.865. The Morgan fingerprint density at radius 3 is 2.42 bits per heavy atom. The molecule has 0 fully saturated rings. The number of esters is 1. The van der Waals surface area contributed by atoms with Crippen molar-refractivity contribution in [3.05, 3.63) is 23.2 Å². The molecule has 0 saturated carbocycles. The second kappa shape index (κ2) is 6.03. The third-order valence-corrected chi connectivity index (χ3v) is 2.38. The highest BCUT2D eigenvalue weighted by Gasteiger charge is 2.22. The zero-order valence-electron chi connectivity index (χ0n) is 11.2. The standard InChI is InChI=1S/C12H16N2O5/c1-6-5-9(7(2)18-6)11(16)19-8(3)10(15)14-12(17)13-4/h5,8H,1-4H3,(H2,13,14,15,17)/t8-/m1/s1. The number of carbonyl (C=O) groups excluding carboxylic acids is 3. The van der Waals surface area contributed by atoms with Crippen LogP contribution in [0.2, 0.25) is 0 Å². The predicted molar refractivity (Wildman–Crippen MR) is 65.7 cm³/mol. The Labute approximate surface area is 110 Å². The van der Waals surface area contributed by atoms with Crippen molar-refractivity contribution in [2.24, 2.45) is 0 Å². The lowest BCUT2D eigenvalue weighted by Gasteiger charge is -2.12. The first-order valence-electron chi connectivity index (χ1n) is 5.65. The zero-order valence-corrected chi connectivity index (χ0v) is 11.2. The van der Waals surface area contributed by atoms with E-state index in [0.29, 0.717) is 11.5 Å². The van der Waals surface area contributed by atoms with Crippen LogP contribution in [0.4, 0.5) is 4.79 Å². The zero-order chi connectivity index (χ0) is 14.6. The van der Waals surface area contributed by atoms with E-state index in [1.165, 1.54) is 20.0 Å². The maximum Gasteiger partial charge on any atom is 0.342 e. The first-order chi connectivity index (χ1) is 8.85. The van der Waals surface area contributed by atoms with Gasteiger partial charge in [-0.25, -0.2) is 9.59 Å². The number of ether oxygens (including phenoxy) is 1. The quantitative estimate of drug-likeness (QED) is 0.794. The molecular weight excluding hydrogens is 252 g/mol. The van der Waals surface area contributed by atoms with Crippen LogP contribution in [0.25, 0.3) is 0 Å². The lowest BCUT2D eigenvalue weighted by Crippen LogP contribution is -2.43. The average molecular weight is 268 g/mol. The van der Waals surface area contributed by atoms with E-state index in [-0.39, 0.29) is 5.56 Å². The van der Waals surface area contributed by atoms with Gasteiger partial charge in [-0.15, -0.1) is 0 Å². The first-order valence-corrected chi connectivity index (χ1v) is 5.65. The number of aryl methyl sites for hydroxylation is 2. The Bertz CT molecular complexity index is 506. The number of urea groups is 1. The summed E-state index contributed by atoms with van der Waals surface area (Å²) in [5, 5.41) is 4.24. The van der Waals surface area contributed by atoms with Crippen LogP contribution in [0.15, 0.2) is 10.5 Å². The molecule has 7 nitrogen and oxygen atoms in total. The molecular formula is C12H16N2O5. The lowest BCUT2D eigenvalue weighted by molar-refractivity contribution is -0.127. The fourth-order valence-corrected chi connectivity index (χ4v) is 1.39. The number of carbonyl (C=O) groups is 3. The summed E-state index contributed by atoms with van der Waals surface area (Å²) in [4.78, 5) is 34.2. The molecule has 104 valence electrons. The number of nitrogens with one attached hydrogen (secondary N) is 2. The van der Waals surface area contributed by atoms with E-state index >= 15 is 0 Å². The third-order valence-electron chi connectivity index (χ3n) is 2.38. The molecule has 1 rings (SSSR count). The van der Waals surface area contributed by atoms with Crippen LogP contribution in [-0.2, 0) is 9.53 Å². The number of hydrogen-bond donors (Lipinski definition) is 2. The first kappa shape index (κ1) is 14.7. The number of rotatable bonds is 3.